The van der Waals surface area contributed by atoms with Gasteiger partial charge in [0.15, 0.2) is 5.66 Å². The summed E-state index contributed by atoms with van der Waals surface area (Å²) in [6.45, 7) is 8.12. The van der Waals surface area contributed by atoms with Gasteiger partial charge in [-0.1, -0.05) is 20.8 Å². The van der Waals surface area contributed by atoms with E-state index in [4.69, 9.17) is 0 Å². The Morgan fingerprint density at radius 2 is 1.40 bits per heavy atom. The Balaban J connectivity index is 2.90. The van der Waals surface area contributed by atoms with E-state index in [2.05, 4.69) is 41.4 Å². The minimum absolute atomic E-state index is 0.00347. The Bertz CT molecular complexity index is 174. The highest BCUT2D eigenvalue weighted by Gasteiger charge is 2.40. The number of rotatable bonds is 0. The minimum Gasteiger partial charge on any atom is -0.134 e. The molecule has 0 fully saturated rings. The third-order valence-corrected chi connectivity index (χ3v) is 1.94. The first kappa shape index (κ1) is 7.31. The first-order valence-corrected chi connectivity index (χ1v) is 3.30. The molecule has 0 N–H and O–H groups in total. The van der Waals surface area contributed by atoms with E-state index in [1.54, 1.807) is 0 Å². The molecule has 1 heterocycles. The maximum atomic E-state index is 3.93. The van der Waals surface area contributed by atoms with Crippen LogP contribution in [0.5, 0.6) is 0 Å². The molecular formula is C6H12N4. The van der Waals surface area contributed by atoms with E-state index in [1.165, 1.54) is 0 Å². The van der Waals surface area contributed by atoms with Gasteiger partial charge in [-0.3, -0.25) is 0 Å². The highest BCUT2D eigenvalue weighted by atomic mass is 15.6. The lowest BCUT2D eigenvalue weighted by molar-refractivity contribution is 0.217. The molecule has 1 rings (SSSR count). The van der Waals surface area contributed by atoms with E-state index in [0.717, 1.165) is 0 Å². The van der Waals surface area contributed by atoms with Gasteiger partial charge in [-0.15, -0.1) is 10.2 Å². The van der Waals surface area contributed by atoms with Crippen LogP contribution < -0.4 is 0 Å². The molecule has 0 aromatic heterocycles. The average molecular weight is 140 g/mol. The van der Waals surface area contributed by atoms with Gasteiger partial charge in [-0.25, -0.2) is 0 Å². The molecule has 0 aliphatic carbocycles. The first-order chi connectivity index (χ1) is 4.46. The van der Waals surface area contributed by atoms with E-state index in [0.29, 0.717) is 0 Å². The van der Waals surface area contributed by atoms with Crippen molar-refractivity contribution in [3.05, 3.63) is 0 Å². The van der Waals surface area contributed by atoms with Gasteiger partial charge in [-0.05, 0) is 17.4 Å². The van der Waals surface area contributed by atoms with E-state index in [-0.39, 0.29) is 5.41 Å². The molecule has 0 amide bonds. The van der Waals surface area contributed by atoms with Crippen molar-refractivity contribution in [1.82, 2.24) is 0 Å². The van der Waals surface area contributed by atoms with Gasteiger partial charge in [0.05, 0.1) is 0 Å². The van der Waals surface area contributed by atoms with Gasteiger partial charge in [0, 0.05) is 5.41 Å². The minimum atomic E-state index is -0.451. The van der Waals surface area contributed by atoms with Crippen molar-refractivity contribution in [2.75, 3.05) is 0 Å². The first-order valence-electron chi connectivity index (χ1n) is 3.30. The number of hydrogen-bond acceptors (Lipinski definition) is 4. The summed E-state index contributed by atoms with van der Waals surface area (Å²) >= 11 is 0. The Kier molecular flexibility index (Phi) is 1.34. The van der Waals surface area contributed by atoms with Crippen LogP contribution in [-0.2, 0) is 0 Å². The molecule has 0 aromatic carbocycles. The van der Waals surface area contributed by atoms with Crippen LogP contribution in [0.15, 0.2) is 20.7 Å². The Hall–Kier alpha value is -0.800. The summed E-state index contributed by atoms with van der Waals surface area (Å²) < 4.78 is 0. The van der Waals surface area contributed by atoms with Crippen LogP contribution in [0.2, 0.25) is 0 Å². The topological polar surface area (TPSA) is 49.4 Å². The molecule has 0 unspecified atom stereocenters. The summed E-state index contributed by atoms with van der Waals surface area (Å²) in [5.41, 5.74) is -0.455. The van der Waals surface area contributed by atoms with Gasteiger partial charge in [0.25, 0.3) is 0 Å². The van der Waals surface area contributed by atoms with Crippen molar-refractivity contribution in [1.29, 1.82) is 0 Å². The molecule has 0 spiro atoms. The normalized spacial score (nSPS) is 22.0. The van der Waals surface area contributed by atoms with Gasteiger partial charge in [0.2, 0.25) is 0 Å². The SMILES string of the molecule is CC(C)(C)C1(C)N=NN=N1. The standard InChI is InChI=1S/C6H12N4/c1-5(2,3)6(4)7-9-10-8-6/h1-4H3. The quantitative estimate of drug-likeness (QED) is 0.496. The Labute approximate surface area is 60.4 Å². The monoisotopic (exact) mass is 140 g/mol. The van der Waals surface area contributed by atoms with Gasteiger partial charge in [-0.2, -0.15) is 0 Å². The summed E-state index contributed by atoms with van der Waals surface area (Å²) in [5, 5.41) is 14.8. The van der Waals surface area contributed by atoms with Gasteiger partial charge >= 0.3 is 0 Å². The molecular weight excluding hydrogens is 128 g/mol. The molecule has 0 aromatic rings. The second-order valence-corrected chi connectivity index (χ2v) is 3.65. The lowest BCUT2D eigenvalue weighted by atomic mass is 9.83. The van der Waals surface area contributed by atoms with Crippen LogP contribution in [0.3, 0.4) is 0 Å². The predicted octanol–water partition coefficient (Wildman–Crippen LogP) is 2.58. The van der Waals surface area contributed by atoms with Gasteiger partial charge in [0.1, 0.15) is 0 Å². The molecule has 0 atom stereocenters. The van der Waals surface area contributed by atoms with Crippen LogP contribution in [0.4, 0.5) is 0 Å². The lowest BCUT2D eigenvalue weighted by Crippen LogP contribution is -2.34. The smallest absolute Gasteiger partial charge is 0.134 e. The van der Waals surface area contributed by atoms with E-state index >= 15 is 0 Å². The highest BCUT2D eigenvalue weighted by molar-refractivity contribution is 4.91. The molecule has 4 heteroatoms. The lowest BCUT2D eigenvalue weighted by Gasteiger charge is -2.29. The molecule has 0 radical (unpaired) electrons. The van der Waals surface area contributed by atoms with E-state index < -0.39 is 5.66 Å². The number of hydrogen-bond donors (Lipinski definition) is 0. The molecule has 4 nitrogen and oxygen atoms in total. The third kappa shape index (κ3) is 0.936. The van der Waals surface area contributed by atoms with Crippen LogP contribution >= 0.6 is 0 Å². The average Bonchev–Trinajstić information content (AvgIpc) is 2.13. The molecule has 1 aliphatic heterocycles. The second kappa shape index (κ2) is 1.84. The third-order valence-electron chi connectivity index (χ3n) is 1.94. The van der Waals surface area contributed by atoms with Gasteiger partial charge < -0.3 is 0 Å². The summed E-state index contributed by atoms with van der Waals surface area (Å²) in [4.78, 5) is 0. The van der Waals surface area contributed by atoms with Crippen molar-refractivity contribution in [2.45, 2.75) is 33.4 Å². The fourth-order valence-corrected chi connectivity index (χ4v) is 0.534. The van der Waals surface area contributed by atoms with Crippen molar-refractivity contribution in [2.24, 2.45) is 26.1 Å². The van der Waals surface area contributed by atoms with Crippen molar-refractivity contribution in [3.8, 4) is 0 Å². The molecule has 0 saturated carbocycles. The van der Waals surface area contributed by atoms with E-state index in [1.807, 2.05) is 6.92 Å². The Morgan fingerprint density at radius 3 is 1.60 bits per heavy atom. The molecule has 0 bridgehead atoms. The van der Waals surface area contributed by atoms with E-state index in [9.17, 15) is 0 Å². The maximum Gasteiger partial charge on any atom is 0.197 e. The van der Waals surface area contributed by atoms with Crippen molar-refractivity contribution in [3.63, 3.8) is 0 Å². The van der Waals surface area contributed by atoms with Crippen LogP contribution in [0.1, 0.15) is 27.7 Å². The second-order valence-electron chi connectivity index (χ2n) is 3.65. The molecule has 1 aliphatic rings. The zero-order valence-corrected chi connectivity index (χ0v) is 6.79. The Morgan fingerprint density at radius 1 is 1.00 bits per heavy atom. The van der Waals surface area contributed by atoms with Crippen molar-refractivity contribution >= 4 is 0 Å². The number of nitrogens with zero attached hydrogens (tertiary/aromatic N) is 4. The molecule has 0 saturated heterocycles. The summed E-state index contributed by atoms with van der Waals surface area (Å²) in [6.07, 6.45) is 0. The molecule has 10 heavy (non-hydrogen) atoms. The van der Waals surface area contributed by atoms with Crippen LogP contribution in [0, 0.1) is 5.41 Å². The summed E-state index contributed by atoms with van der Waals surface area (Å²) in [5.74, 6) is 0. The summed E-state index contributed by atoms with van der Waals surface area (Å²) in [6, 6.07) is 0. The predicted molar refractivity (Wildman–Crippen MR) is 37.6 cm³/mol. The van der Waals surface area contributed by atoms with Crippen molar-refractivity contribution < 1.29 is 0 Å². The van der Waals surface area contributed by atoms with Crippen LogP contribution in [-0.4, -0.2) is 5.66 Å². The fraction of sp³-hybridized carbons (Fsp3) is 1.00. The maximum absolute atomic E-state index is 3.93. The zero-order valence-electron chi connectivity index (χ0n) is 6.79. The largest absolute Gasteiger partial charge is 0.197 e. The highest BCUT2D eigenvalue weighted by Crippen LogP contribution is 2.37. The summed E-state index contributed by atoms with van der Waals surface area (Å²) in [7, 11) is 0. The fourth-order valence-electron chi connectivity index (χ4n) is 0.534. The molecule has 56 valence electrons. The van der Waals surface area contributed by atoms with Crippen LogP contribution in [0.25, 0.3) is 0 Å². The zero-order chi connectivity index (χ0) is 7.83.